The van der Waals surface area contributed by atoms with E-state index in [1.165, 1.54) is 0 Å². The largest absolute Gasteiger partial charge is 0.495 e. The molecular weight excluding hydrogens is 374 g/mol. The van der Waals surface area contributed by atoms with E-state index in [1.54, 1.807) is 25.4 Å². The number of anilines is 4. The van der Waals surface area contributed by atoms with Crippen LogP contribution in [0.3, 0.4) is 0 Å². The van der Waals surface area contributed by atoms with E-state index in [1.807, 2.05) is 49.4 Å². The Morgan fingerprint density at radius 1 is 0.964 bits per heavy atom. The normalized spacial score (nSPS) is 10.7. The predicted molar refractivity (Wildman–Crippen MR) is 113 cm³/mol. The molecule has 4 aromatic rings. The summed E-state index contributed by atoms with van der Waals surface area (Å²) in [5.74, 6) is 1.77. The minimum absolute atomic E-state index is 0.486. The van der Waals surface area contributed by atoms with E-state index in [2.05, 4.69) is 25.6 Å². The summed E-state index contributed by atoms with van der Waals surface area (Å²) < 4.78 is 5.19. The Kier molecular flexibility index (Phi) is 4.95. The molecule has 0 fully saturated rings. The fraction of sp³-hybridized carbons (Fsp3) is 0.0952. The molecule has 0 aliphatic heterocycles. The Morgan fingerprint density at radius 3 is 2.64 bits per heavy atom. The molecule has 0 unspecified atom stereocenters. The van der Waals surface area contributed by atoms with E-state index >= 15 is 0 Å². The van der Waals surface area contributed by atoms with E-state index in [-0.39, 0.29) is 0 Å². The number of aryl methyl sites for hydroxylation is 1. The van der Waals surface area contributed by atoms with Crippen LogP contribution in [0.4, 0.5) is 23.1 Å². The maximum Gasteiger partial charge on any atom is 0.229 e. The van der Waals surface area contributed by atoms with E-state index in [0.29, 0.717) is 22.5 Å². The molecule has 2 heterocycles. The highest BCUT2D eigenvalue weighted by molar-refractivity contribution is 6.32. The van der Waals surface area contributed by atoms with Gasteiger partial charge in [-0.2, -0.15) is 4.98 Å². The van der Waals surface area contributed by atoms with Crippen LogP contribution in [0.15, 0.2) is 60.8 Å². The summed E-state index contributed by atoms with van der Waals surface area (Å²) in [6, 6.07) is 17.2. The monoisotopic (exact) mass is 391 g/mol. The van der Waals surface area contributed by atoms with Crippen molar-refractivity contribution in [3.05, 3.63) is 71.5 Å². The molecule has 140 valence electrons. The molecule has 0 spiro atoms. The van der Waals surface area contributed by atoms with Gasteiger partial charge in [0, 0.05) is 29.0 Å². The maximum absolute atomic E-state index is 6.20. The molecule has 0 aliphatic rings. The van der Waals surface area contributed by atoms with Crippen molar-refractivity contribution in [3.63, 3.8) is 0 Å². The van der Waals surface area contributed by atoms with Gasteiger partial charge in [-0.15, -0.1) is 0 Å². The minimum atomic E-state index is 0.486. The summed E-state index contributed by atoms with van der Waals surface area (Å²) in [7, 11) is 1.59. The zero-order valence-electron chi connectivity index (χ0n) is 15.4. The molecule has 2 aromatic heterocycles. The predicted octanol–water partition coefficient (Wildman–Crippen LogP) is 5.48. The number of halogens is 1. The van der Waals surface area contributed by atoms with Crippen molar-refractivity contribution in [2.75, 3.05) is 17.7 Å². The third-order valence-corrected chi connectivity index (χ3v) is 4.45. The Hall–Kier alpha value is -3.38. The fourth-order valence-corrected chi connectivity index (χ4v) is 3.16. The summed E-state index contributed by atoms with van der Waals surface area (Å²) in [5.41, 5.74) is 3.35. The van der Waals surface area contributed by atoms with Crippen LogP contribution in [0.25, 0.3) is 10.9 Å². The summed E-state index contributed by atoms with van der Waals surface area (Å²) in [5, 5.41) is 8.10. The van der Waals surface area contributed by atoms with Crippen molar-refractivity contribution in [2.24, 2.45) is 0 Å². The molecule has 4 rings (SSSR count). The van der Waals surface area contributed by atoms with Gasteiger partial charge >= 0.3 is 0 Å². The van der Waals surface area contributed by atoms with Gasteiger partial charge in [-0.1, -0.05) is 29.8 Å². The molecule has 0 amide bonds. The molecule has 0 saturated heterocycles. The molecule has 0 bridgehead atoms. The first-order valence-corrected chi connectivity index (χ1v) is 9.07. The zero-order valence-corrected chi connectivity index (χ0v) is 16.2. The van der Waals surface area contributed by atoms with Crippen molar-refractivity contribution in [2.45, 2.75) is 6.92 Å². The number of rotatable bonds is 5. The SMILES string of the molecule is COc1ccc(Nc2cc(C)nc(Nc3cccc4cccnc34)n2)cc1Cl. The molecule has 6 nitrogen and oxygen atoms in total. The van der Waals surface area contributed by atoms with Crippen LogP contribution in [0.2, 0.25) is 5.02 Å². The van der Waals surface area contributed by atoms with Gasteiger partial charge in [-0.3, -0.25) is 4.98 Å². The number of fused-ring (bicyclic) bond motifs is 1. The van der Waals surface area contributed by atoms with Gasteiger partial charge in [0.15, 0.2) is 0 Å². The van der Waals surface area contributed by atoms with Crippen molar-refractivity contribution < 1.29 is 4.74 Å². The number of nitrogens with one attached hydrogen (secondary N) is 2. The number of nitrogens with zero attached hydrogens (tertiary/aromatic N) is 3. The molecule has 0 saturated carbocycles. The second-order valence-electron chi connectivity index (χ2n) is 6.20. The second-order valence-corrected chi connectivity index (χ2v) is 6.61. The number of pyridine rings is 1. The van der Waals surface area contributed by atoms with Gasteiger partial charge < -0.3 is 15.4 Å². The zero-order chi connectivity index (χ0) is 19.5. The number of para-hydroxylation sites is 1. The highest BCUT2D eigenvalue weighted by Gasteiger charge is 2.08. The molecule has 0 radical (unpaired) electrons. The van der Waals surface area contributed by atoms with Crippen molar-refractivity contribution in [3.8, 4) is 5.75 Å². The summed E-state index contributed by atoms with van der Waals surface area (Å²) >= 11 is 6.20. The molecule has 7 heteroatoms. The van der Waals surface area contributed by atoms with Crippen molar-refractivity contribution in [1.29, 1.82) is 0 Å². The number of hydrogen-bond donors (Lipinski definition) is 2. The van der Waals surface area contributed by atoms with E-state index in [0.717, 1.165) is 28.0 Å². The third kappa shape index (κ3) is 3.82. The summed E-state index contributed by atoms with van der Waals surface area (Å²) in [6.07, 6.45) is 1.77. The van der Waals surface area contributed by atoms with Gasteiger partial charge in [0.2, 0.25) is 5.95 Å². The van der Waals surface area contributed by atoms with Crippen LogP contribution < -0.4 is 15.4 Å². The van der Waals surface area contributed by atoms with Crippen LogP contribution in [0.5, 0.6) is 5.75 Å². The van der Waals surface area contributed by atoms with Gasteiger partial charge in [-0.05, 0) is 37.3 Å². The summed E-state index contributed by atoms with van der Waals surface area (Å²) in [6.45, 7) is 1.92. The Bertz CT molecular complexity index is 1140. The first kappa shape index (κ1) is 18.0. The molecule has 0 aliphatic carbocycles. The number of hydrogen-bond acceptors (Lipinski definition) is 6. The lowest BCUT2D eigenvalue weighted by atomic mass is 10.2. The van der Waals surface area contributed by atoms with Crippen LogP contribution in [0.1, 0.15) is 5.69 Å². The highest BCUT2D eigenvalue weighted by atomic mass is 35.5. The quantitative estimate of drug-likeness (QED) is 0.469. The first-order chi connectivity index (χ1) is 13.6. The number of ether oxygens (including phenoxy) is 1. The van der Waals surface area contributed by atoms with Crippen LogP contribution in [-0.4, -0.2) is 22.1 Å². The number of benzene rings is 2. The van der Waals surface area contributed by atoms with Gasteiger partial charge in [0.25, 0.3) is 0 Å². The first-order valence-electron chi connectivity index (χ1n) is 8.69. The lowest BCUT2D eigenvalue weighted by molar-refractivity contribution is 0.415. The lowest BCUT2D eigenvalue weighted by Gasteiger charge is -2.12. The molecule has 2 N–H and O–H groups in total. The number of methoxy groups -OCH3 is 1. The Morgan fingerprint density at radius 2 is 1.82 bits per heavy atom. The third-order valence-electron chi connectivity index (χ3n) is 4.16. The van der Waals surface area contributed by atoms with Crippen LogP contribution in [0, 0.1) is 6.92 Å². The van der Waals surface area contributed by atoms with E-state index in [9.17, 15) is 0 Å². The highest BCUT2D eigenvalue weighted by Crippen LogP contribution is 2.29. The van der Waals surface area contributed by atoms with E-state index in [4.69, 9.17) is 16.3 Å². The van der Waals surface area contributed by atoms with E-state index < -0.39 is 0 Å². The average Bonchev–Trinajstić information content (AvgIpc) is 2.68. The molecule has 2 aromatic carbocycles. The van der Waals surface area contributed by atoms with Gasteiger partial charge in [0.05, 0.1) is 23.3 Å². The average molecular weight is 392 g/mol. The van der Waals surface area contributed by atoms with Crippen molar-refractivity contribution in [1.82, 2.24) is 15.0 Å². The summed E-state index contributed by atoms with van der Waals surface area (Å²) in [4.78, 5) is 13.5. The molecule has 0 atom stereocenters. The topological polar surface area (TPSA) is 72.0 Å². The fourth-order valence-electron chi connectivity index (χ4n) is 2.91. The Balaban J connectivity index is 1.63. The van der Waals surface area contributed by atoms with Gasteiger partial charge in [0.1, 0.15) is 11.6 Å². The van der Waals surface area contributed by atoms with Crippen LogP contribution >= 0.6 is 11.6 Å². The molecule has 28 heavy (non-hydrogen) atoms. The second kappa shape index (κ2) is 7.70. The van der Waals surface area contributed by atoms with Gasteiger partial charge in [-0.25, -0.2) is 4.98 Å². The van der Waals surface area contributed by atoms with Crippen molar-refractivity contribution >= 4 is 45.6 Å². The molecular formula is C21H18ClN5O. The van der Waals surface area contributed by atoms with Crippen LogP contribution in [-0.2, 0) is 0 Å². The lowest BCUT2D eigenvalue weighted by Crippen LogP contribution is -2.03. The maximum atomic E-state index is 6.20. The minimum Gasteiger partial charge on any atom is -0.495 e. The Labute approximate surface area is 167 Å². The number of aromatic nitrogens is 3. The standard InChI is InChI=1S/C21H18ClN5O/c1-13-11-19(25-15-8-9-18(28-2)16(22)12-15)27-21(24-13)26-17-7-3-5-14-6-4-10-23-20(14)17/h3-12H,1-2H3,(H2,24,25,26,27). The smallest absolute Gasteiger partial charge is 0.229 e.